The van der Waals surface area contributed by atoms with E-state index in [1.807, 2.05) is 0 Å². The van der Waals surface area contributed by atoms with Crippen LogP contribution in [0.3, 0.4) is 0 Å². The Kier molecular flexibility index (Phi) is 8.27. The Balaban J connectivity index is 2.10. The van der Waals surface area contributed by atoms with E-state index in [9.17, 15) is 50.4 Å². The fraction of sp³-hybridized carbons (Fsp3) is 0.308. The van der Waals surface area contributed by atoms with Crippen molar-refractivity contribution in [2.75, 3.05) is 20.8 Å². The van der Waals surface area contributed by atoms with Gasteiger partial charge in [-0.05, 0) is 30.0 Å². The number of rotatable bonds is 8. The lowest BCUT2D eigenvalue weighted by Gasteiger charge is -2.40. The number of hydrogen-bond acceptors (Lipinski definition) is 14. The lowest BCUT2D eigenvalue weighted by molar-refractivity contribution is -0.277. The van der Waals surface area contributed by atoms with Crippen LogP contribution in [0.15, 0.2) is 39.2 Å². The van der Waals surface area contributed by atoms with Crippen molar-refractivity contribution >= 4 is 12.0 Å². The SMILES string of the molecule is COc1cc(-c2oc3cc(=O)cc([O-])c-3c(/C=C(/O)C(=O)O)c2O[C@@H]2O[C@H](CO)[C@@H](O)[C@H](O)[C@H]2O)cc(OC)c1[O-]. The molecule has 220 valence electrons. The van der Waals surface area contributed by atoms with Crippen LogP contribution >= 0.6 is 0 Å². The summed E-state index contributed by atoms with van der Waals surface area (Å²) in [4.78, 5) is 23.7. The van der Waals surface area contributed by atoms with Gasteiger partial charge in [0.2, 0.25) is 12.0 Å². The largest absolute Gasteiger partial charge is 0.872 e. The first-order valence-corrected chi connectivity index (χ1v) is 11.8. The fourth-order valence-corrected chi connectivity index (χ4v) is 4.24. The number of carbonyl (C=O) groups is 1. The van der Waals surface area contributed by atoms with E-state index in [4.69, 9.17) is 23.4 Å². The number of ether oxygens (including phenoxy) is 4. The second kappa shape index (κ2) is 11.5. The summed E-state index contributed by atoms with van der Waals surface area (Å²) in [5.41, 5.74) is -1.72. The average molecular weight is 576 g/mol. The predicted molar refractivity (Wildman–Crippen MR) is 132 cm³/mol. The summed E-state index contributed by atoms with van der Waals surface area (Å²) in [5.74, 6) is -6.58. The molecule has 0 radical (unpaired) electrons. The van der Waals surface area contributed by atoms with Gasteiger partial charge in [-0.15, -0.1) is 0 Å². The van der Waals surface area contributed by atoms with Crippen LogP contribution in [0.1, 0.15) is 5.56 Å². The van der Waals surface area contributed by atoms with E-state index >= 15 is 0 Å². The van der Waals surface area contributed by atoms with Gasteiger partial charge in [0, 0.05) is 22.8 Å². The van der Waals surface area contributed by atoms with Crippen LogP contribution in [0.25, 0.3) is 28.7 Å². The summed E-state index contributed by atoms with van der Waals surface area (Å²) >= 11 is 0. The quantitative estimate of drug-likeness (QED) is 0.135. The van der Waals surface area contributed by atoms with Crippen LogP contribution in [0.2, 0.25) is 0 Å². The van der Waals surface area contributed by atoms with Crippen molar-refractivity contribution < 1.29 is 69.0 Å². The Labute approximate surface area is 230 Å². The van der Waals surface area contributed by atoms with Crippen LogP contribution in [0.4, 0.5) is 0 Å². The molecule has 5 atom stereocenters. The maximum absolute atomic E-state index is 12.9. The van der Waals surface area contributed by atoms with Crippen LogP contribution < -0.4 is 29.9 Å². The van der Waals surface area contributed by atoms with Gasteiger partial charge in [-0.3, -0.25) is 4.79 Å². The molecule has 6 N–H and O–H groups in total. The molecule has 1 aliphatic carbocycles. The van der Waals surface area contributed by atoms with Crippen molar-refractivity contribution in [1.29, 1.82) is 0 Å². The Morgan fingerprint density at radius 3 is 2.20 bits per heavy atom. The highest BCUT2D eigenvalue weighted by molar-refractivity contribution is 5.94. The van der Waals surface area contributed by atoms with Crippen molar-refractivity contribution in [2.24, 2.45) is 0 Å². The number of aliphatic hydroxyl groups excluding tert-OH is 5. The molecule has 3 aliphatic rings. The number of aliphatic hydroxyl groups is 5. The third kappa shape index (κ3) is 5.44. The van der Waals surface area contributed by atoms with Gasteiger partial charge in [-0.25, -0.2) is 4.79 Å². The van der Waals surface area contributed by atoms with E-state index in [2.05, 4.69) is 0 Å². The van der Waals surface area contributed by atoms with Gasteiger partial charge in [0.1, 0.15) is 41.7 Å². The highest BCUT2D eigenvalue weighted by Gasteiger charge is 2.45. The second-order valence-corrected chi connectivity index (χ2v) is 8.83. The molecule has 1 saturated heterocycles. The molecule has 0 amide bonds. The Morgan fingerprint density at radius 1 is 1.00 bits per heavy atom. The van der Waals surface area contributed by atoms with Crippen LogP contribution in [-0.4, -0.2) is 88.1 Å². The van der Waals surface area contributed by atoms with Gasteiger partial charge in [-0.2, -0.15) is 0 Å². The number of carboxylic acid groups (broad SMARTS) is 1. The predicted octanol–water partition coefficient (Wildman–Crippen LogP) is -1.26. The molecule has 15 heteroatoms. The van der Waals surface area contributed by atoms with E-state index in [0.717, 1.165) is 6.07 Å². The van der Waals surface area contributed by atoms with Crippen molar-refractivity contribution in [3.63, 3.8) is 0 Å². The average Bonchev–Trinajstić information content (AvgIpc) is 2.93. The maximum atomic E-state index is 12.9. The number of hydrogen-bond donors (Lipinski definition) is 6. The summed E-state index contributed by atoms with van der Waals surface area (Å²) in [7, 11) is 2.38. The molecule has 41 heavy (non-hydrogen) atoms. The number of aliphatic carboxylic acids is 1. The molecule has 4 rings (SSSR count). The van der Waals surface area contributed by atoms with Gasteiger partial charge in [0.15, 0.2) is 16.9 Å². The van der Waals surface area contributed by atoms with Crippen LogP contribution in [-0.2, 0) is 9.53 Å². The number of benzene rings is 2. The highest BCUT2D eigenvalue weighted by Crippen LogP contribution is 2.48. The highest BCUT2D eigenvalue weighted by atomic mass is 16.7. The van der Waals surface area contributed by atoms with E-state index in [0.29, 0.717) is 12.1 Å². The molecular formula is C26H24O15-2. The molecule has 0 aromatic heterocycles. The summed E-state index contributed by atoms with van der Waals surface area (Å²) in [5, 5.41) is 85.5. The summed E-state index contributed by atoms with van der Waals surface area (Å²) in [6, 6.07) is 3.91. The first-order valence-electron chi connectivity index (χ1n) is 11.8. The van der Waals surface area contributed by atoms with Crippen molar-refractivity contribution in [3.8, 4) is 51.4 Å². The van der Waals surface area contributed by atoms with Crippen molar-refractivity contribution in [3.05, 3.63) is 45.8 Å². The zero-order valence-corrected chi connectivity index (χ0v) is 21.3. The molecule has 0 spiro atoms. The zero-order chi connectivity index (χ0) is 30.2. The Morgan fingerprint density at radius 2 is 1.63 bits per heavy atom. The molecule has 1 aromatic carbocycles. The molecule has 0 bridgehead atoms. The second-order valence-electron chi connectivity index (χ2n) is 8.83. The molecule has 15 nitrogen and oxygen atoms in total. The molecule has 2 aliphatic heterocycles. The Hall–Kier alpha value is -4.54. The van der Waals surface area contributed by atoms with E-state index in [-0.39, 0.29) is 22.8 Å². The molecule has 2 heterocycles. The minimum Gasteiger partial charge on any atom is -0.872 e. The lowest BCUT2D eigenvalue weighted by atomic mass is 9.97. The topological polar surface area (TPSA) is 252 Å². The van der Waals surface area contributed by atoms with Gasteiger partial charge in [0.05, 0.1) is 20.8 Å². The van der Waals surface area contributed by atoms with Crippen molar-refractivity contribution in [1.82, 2.24) is 0 Å². The number of carboxylic acids is 1. The molecule has 1 fully saturated rings. The summed E-state index contributed by atoms with van der Waals surface area (Å²) in [6.45, 7) is -0.817. The molecule has 0 saturated carbocycles. The fourth-order valence-electron chi connectivity index (χ4n) is 4.24. The Bertz CT molecular complexity index is 1480. The maximum Gasteiger partial charge on any atom is 0.370 e. The zero-order valence-electron chi connectivity index (χ0n) is 21.3. The van der Waals surface area contributed by atoms with Gasteiger partial charge >= 0.3 is 5.97 Å². The molecular weight excluding hydrogens is 552 g/mol. The lowest BCUT2D eigenvalue weighted by Crippen LogP contribution is -2.60. The first kappa shape index (κ1) is 29.4. The van der Waals surface area contributed by atoms with E-state index in [1.54, 1.807) is 0 Å². The normalized spacial score (nSPS) is 22.9. The van der Waals surface area contributed by atoms with E-state index in [1.165, 1.54) is 26.4 Å². The van der Waals surface area contributed by atoms with Gasteiger partial charge in [0.25, 0.3) is 0 Å². The third-order valence-corrected chi connectivity index (χ3v) is 6.28. The smallest absolute Gasteiger partial charge is 0.370 e. The van der Waals surface area contributed by atoms with Crippen LogP contribution in [0.5, 0.6) is 28.7 Å². The molecule has 1 aromatic rings. The summed E-state index contributed by atoms with van der Waals surface area (Å²) < 4.78 is 27.3. The minimum absolute atomic E-state index is 0.0481. The van der Waals surface area contributed by atoms with Gasteiger partial charge in [-0.1, -0.05) is 5.75 Å². The number of methoxy groups -OCH3 is 2. The van der Waals surface area contributed by atoms with Gasteiger partial charge < -0.3 is 64.2 Å². The number of fused-ring (bicyclic) bond motifs is 1. The summed E-state index contributed by atoms with van der Waals surface area (Å²) in [6.07, 6.45) is -8.31. The monoisotopic (exact) mass is 576 g/mol. The van der Waals surface area contributed by atoms with E-state index < -0.39 is 88.6 Å². The minimum atomic E-state index is -1.97. The standard InChI is InChI=1S/C26H26O15/c1-37-15-3-9(4-16(38-2)19(15)31)23-24(41-26-22(34)21(33)20(32)17(8-27)40-26)11(7-13(30)25(35)36)18-12(29)5-10(28)6-14(18)39-23/h3-7,17,20-22,26-27,29-34H,8H2,1-2H3,(H,35,36)/p-2/b13-7+/t17-,20-,21+,22-,26+/m1/s1. The third-order valence-electron chi connectivity index (χ3n) is 6.28. The van der Waals surface area contributed by atoms with Crippen LogP contribution in [0, 0.1) is 0 Å². The first-order chi connectivity index (χ1) is 19.4. The molecule has 0 unspecified atom stereocenters. The van der Waals surface area contributed by atoms with Crippen molar-refractivity contribution in [2.45, 2.75) is 30.7 Å².